The van der Waals surface area contributed by atoms with Gasteiger partial charge in [0.15, 0.2) is 4.87 Å². The van der Waals surface area contributed by atoms with Crippen molar-refractivity contribution in [2.75, 3.05) is 6.61 Å². The van der Waals surface area contributed by atoms with Crippen LogP contribution in [0.5, 0.6) is 0 Å². The fourth-order valence-corrected chi connectivity index (χ4v) is 0.862. The van der Waals surface area contributed by atoms with Gasteiger partial charge in [-0.15, -0.1) is 11.6 Å². The normalized spacial score (nSPS) is 16.9. The van der Waals surface area contributed by atoms with E-state index in [2.05, 4.69) is 0 Å². The van der Waals surface area contributed by atoms with Gasteiger partial charge in [0, 0.05) is 0 Å². The molecule has 1 unspecified atom stereocenters. The Kier molecular flexibility index (Phi) is 4.32. The highest BCUT2D eigenvalue weighted by Crippen LogP contribution is 2.25. The van der Waals surface area contributed by atoms with Crippen LogP contribution in [0.15, 0.2) is 11.6 Å². The van der Waals surface area contributed by atoms with Crippen LogP contribution in [-0.2, 0) is 9.53 Å². The molecule has 0 N–H and O–H groups in total. The Labute approximate surface area is 78.5 Å². The summed E-state index contributed by atoms with van der Waals surface area (Å²) in [5.41, 5.74) is 0.808. The number of carbonyl (C=O) groups is 1. The molecule has 0 fully saturated rings. The van der Waals surface area contributed by atoms with Gasteiger partial charge in [0.1, 0.15) is 0 Å². The molecular weight excluding hydrogens is 176 g/mol. The summed E-state index contributed by atoms with van der Waals surface area (Å²) in [6.07, 6.45) is 1.81. The van der Waals surface area contributed by atoms with Crippen molar-refractivity contribution in [1.82, 2.24) is 0 Å². The minimum absolute atomic E-state index is 0.359. The number of hydrogen-bond acceptors (Lipinski definition) is 2. The number of rotatable bonds is 3. The first-order chi connectivity index (χ1) is 5.46. The van der Waals surface area contributed by atoms with Crippen LogP contribution in [0.4, 0.5) is 0 Å². The minimum atomic E-state index is -1.01. The highest BCUT2D eigenvalue weighted by molar-refractivity contribution is 6.35. The highest BCUT2D eigenvalue weighted by atomic mass is 35.5. The van der Waals surface area contributed by atoms with Crippen LogP contribution in [0.1, 0.15) is 27.7 Å². The molecule has 3 heteroatoms. The Morgan fingerprint density at radius 1 is 1.67 bits per heavy atom. The molecule has 0 rings (SSSR count). The predicted molar refractivity (Wildman–Crippen MR) is 50.3 cm³/mol. The molecule has 2 nitrogen and oxygen atoms in total. The third-order valence-electron chi connectivity index (χ3n) is 1.83. The molecule has 0 aliphatic heterocycles. The van der Waals surface area contributed by atoms with Gasteiger partial charge in [-0.05, 0) is 33.3 Å². The number of hydrogen-bond donors (Lipinski definition) is 0. The highest BCUT2D eigenvalue weighted by Gasteiger charge is 2.33. The Hall–Kier alpha value is -0.500. The molecule has 0 heterocycles. The molecule has 0 bridgehead atoms. The lowest BCUT2D eigenvalue weighted by Gasteiger charge is -2.20. The molecule has 70 valence electrons. The first-order valence-electron chi connectivity index (χ1n) is 3.96. The summed E-state index contributed by atoms with van der Waals surface area (Å²) in [4.78, 5) is 10.3. The predicted octanol–water partition coefficient (Wildman–Crippen LogP) is 2.51. The molecule has 0 saturated heterocycles. The zero-order valence-electron chi connectivity index (χ0n) is 7.98. The van der Waals surface area contributed by atoms with Crippen LogP contribution in [0, 0.1) is 0 Å². The summed E-state index contributed by atoms with van der Waals surface area (Å²) in [6.45, 7) is 7.41. The van der Waals surface area contributed by atoms with Gasteiger partial charge in [0.05, 0.1) is 6.61 Å². The quantitative estimate of drug-likeness (QED) is 0.388. The fraction of sp³-hybridized carbons (Fsp3) is 0.667. The van der Waals surface area contributed by atoms with Gasteiger partial charge in [-0.3, -0.25) is 0 Å². The van der Waals surface area contributed by atoms with Crippen molar-refractivity contribution in [3.63, 3.8) is 0 Å². The maximum Gasteiger partial charge on any atom is 0.331 e. The van der Waals surface area contributed by atoms with Crippen molar-refractivity contribution in [2.24, 2.45) is 0 Å². The first kappa shape index (κ1) is 11.5. The van der Waals surface area contributed by atoms with Crippen molar-refractivity contribution in [3.8, 4) is 0 Å². The number of alkyl halides is 1. The molecule has 0 aromatic heterocycles. The van der Waals surface area contributed by atoms with Crippen molar-refractivity contribution in [3.05, 3.63) is 11.6 Å². The largest absolute Gasteiger partial charge is 0.464 e. The van der Waals surface area contributed by atoms with Crippen LogP contribution >= 0.6 is 11.6 Å². The molecule has 0 aromatic carbocycles. The van der Waals surface area contributed by atoms with E-state index in [0.29, 0.717) is 6.61 Å². The second-order valence-corrected chi connectivity index (χ2v) is 3.45. The van der Waals surface area contributed by atoms with E-state index in [9.17, 15) is 4.79 Å². The van der Waals surface area contributed by atoms with Crippen molar-refractivity contribution in [1.29, 1.82) is 0 Å². The summed E-state index contributed by atoms with van der Waals surface area (Å²) < 4.78 is 4.82. The second kappa shape index (κ2) is 4.51. The van der Waals surface area contributed by atoms with E-state index in [0.717, 1.165) is 5.57 Å². The van der Waals surface area contributed by atoms with Gasteiger partial charge in [0.2, 0.25) is 0 Å². The van der Waals surface area contributed by atoms with Crippen LogP contribution in [0.3, 0.4) is 0 Å². The third-order valence-corrected chi connectivity index (χ3v) is 2.28. The van der Waals surface area contributed by atoms with Gasteiger partial charge in [0.25, 0.3) is 0 Å². The Balaban J connectivity index is 4.49. The average molecular weight is 191 g/mol. The second-order valence-electron chi connectivity index (χ2n) is 2.70. The molecular formula is C9H15ClO2. The number of carbonyl (C=O) groups excluding carboxylic acids is 1. The maximum atomic E-state index is 11.3. The molecule has 0 amide bonds. The van der Waals surface area contributed by atoms with Gasteiger partial charge in [-0.2, -0.15) is 0 Å². The Bertz CT molecular complexity index is 195. The average Bonchev–Trinajstić information content (AvgIpc) is 2.03. The molecule has 12 heavy (non-hydrogen) atoms. The number of halogens is 1. The smallest absolute Gasteiger partial charge is 0.331 e. The molecule has 0 spiro atoms. The fourth-order valence-electron chi connectivity index (χ4n) is 0.699. The molecule has 1 atom stereocenters. The summed E-state index contributed by atoms with van der Waals surface area (Å²) in [7, 11) is 0. The number of ether oxygens (including phenoxy) is 1. The third kappa shape index (κ3) is 2.52. The lowest BCUT2D eigenvalue weighted by atomic mass is 10.0. The van der Waals surface area contributed by atoms with Crippen LogP contribution in [0.2, 0.25) is 0 Å². The topological polar surface area (TPSA) is 26.3 Å². The molecule has 0 saturated carbocycles. The van der Waals surface area contributed by atoms with E-state index in [-0.39, 0.29) is 5.97 Å². The van der Waals surface area contributed by atoms with E-state index in [1.165, 1.54) is 0 Å². The number of esters is 1. The van der Waals surface area contributed by atoms with Crippen molar-refractivity contribution < 1.29 is 9.53 Å². The van der Waals surface area contributed by atoms with E-state index in [1.54, 1.807) is 13.8 Å². The van der Waals surface area contributed by atoms with E-state index in [4.69, 9.17) is 16.3 Å². The monoisotopic (exact) mass is 190 g/mol. The Morgan fingerprint density at radius 2 is 2.17 bits per heavy atom. The molecule has 0 aliphatic carbocycles. The van der Waals surface area contributed by atoms with E-state index in [1.807, 2.05) is 19.9 Å². The summed E-state index contributed by atoms with van der Waals surface area (Å²) in [6, 6.07) is 0. The lowest BCUT2D eigenvalue weighted by Crippen LogP contribution is -2.32. The summed E-state index contributed by atoms with van der Waals surface area (Å²) in [5.74, 6) is -0.387. The molecule has 0 aliphatic rings. The van der Waals surface area contributed by atoms with E-state index >= 15 is 0 Å². The van der Waals surface area contributed by atoms with Crippen molar-refractivity contribution >= 4 is 17.6 Å². The molecule has 0 aromatic rings. The van der Waals surface area contributed by atoms with Crippen molar-refractivity contribution in [2.45, 2.75) is 32.6 Å². The minimum Gasteiger partial charge on any atom is -0.464 e. The van der Waals surface area contributed by atoms with Crippen LogP contribution in [0.25, 0.3) is 0 Å². The van der Waals surface area contributed by atoms with Crippen LogP contribution in [-0.4, -0.2) is 17.5 Å². The van der Waals surface area contributed by atoms with Gasteiger partial charge in [-0.25, -0.2) is 4.79 Å². The zero-order chi connectivity index (χ0) is 9.78. The zero-order valence-corrected chi connectivity index (χ0v) is 8.73. The van der Waals surface area contributed by atoms with E-state index < -0.39 is 4.87 Å². The maximum absolute atomic E-state index is 11.3. The summed E-state index contributed by atoms with van der Waals surface area (Å²) >= 11 is 5.97. The molecule has 0 radical (unpaired) electrons. The van der Waals surface area contributed by atoms with Gasteiger partial charge >= 0.3 is 5.97 Å². The van der Waals surface area contributed by atoms with Crippen LogP contribution < -0.4 is 0 Å². The number of allylic oxidation sites excluding steroid dienone is 1. The van der Waals surface area contributed by atoms with Gasteiger partial charge in [-0.1, -0.05) is 6.08 Å². The van der Waals surface area contributed by atoms with Gasteiger partial charge < -0.3 is 4.74 Å². The lowest BCUT2D eigenvalue weighted by molar-refractivity contribution is -0.144. The SMILES string of the molecule is CC=C(C)C(C)(Cl)C(=O)OCC. The standard InChI is InChI=1S/C9H15ClO2/c1-5-7(3)9(4,10)8(11)12-6-2/h5H,6H2,1-4H3. The summed E-state index contributed by atoms with van der Waals surface area (Å²) in [5, 5.41) is 0. The Morgan fingerprint density at radius 3 is 2.50 bits per heavy atom. The first-order valence-corrected chi connectivity index (χ1v) is 4.34.